The third kappa shape index (κ3) is 3.13. The highest BCUT2D eigenvalue weighted by atomic mass is 16.5. The number of hydrogen-bond donors (Lipinski definition) is 1. The summed E-state index contributed by atoms with van der Waals surface area (Å²) in [6, 6.07) is 17.5. The zero-order valence-corrected chi connectivity index (χ0v) is 16.6. The van der Waals surface area contributed by atoms with Gasteiger partial charge in [-0.25, -0.2) is 0 Å². The van der Waals surface area contributed by atoms with Gasteiger partial charge in [-0.15, -0.1) is 0 Å². The van der Waals surface area contributed by atoms with E-state index in [1.165, 1.54) is 19.4 Å². The van der Waals surface area contributed by atoms with Crippen LogP contribution in [0.2, 0.25) is 0 Å². The zero-order valence-electron chi connectivity index (χ0n) is 16.6. The number of methoxy groups -OCH3 is 1. The van der Waals surface area contributed by atoms with Crippen molar-refractivity contribution in [3.63, 3.8) is 0 Å². The average Bonchev–Trinajstić information content (AvgIpc) is 2.79. The molecule has 1 aliphatic rings. The first-order valence-electron chi connectivity index (χ1n) is 9.78. The Bertz CT molecular complexity index is 1370. The van der Waals surface area contributed by atoms with E-state index in [1.54, 1.807) is 24.3 Å². The lowest BCUT2D eigenvalue weighted by Crippen LogP contribution is -2.22. The van der Waals surface area contributed by atoms with Gasteiger partial charge >= 0.3 is 5.97 Å². The van der Waals surface area contributed by atoms with E-state index in [0.29, 0.717) is 33.6 Å². The van der Waals surface area contributed by atoms with Crippen molar-refractivity contribution in [3.05, 3.63) is 88.3 Å². The predicted octanol–water partition coefficient (Wildman–Crippen LogP) is 4.62. The highest BCUT2D eigenvalue weighted by molar-refractivity contribution is 5.90. The van der Waals surface area contributed by atoms with Crippen LogP contribution in [0, 0.1) is 0 Å². The Balaban J connectivity index is 1.74. The van der Waals surface area contributed by atoms with Crippen molar-refractivity contribution in [2.75, 3.05) is 7.11 Å². The lowest BCUT2D eigenvalue weighted by molar-refractivity contribution is -0.135. The van der Waals surface area contributed by atoms with Crippen LogP contribution in [0.1, 0.15) is 23.5 Å². The largest absolute Gasteiger partial charge is 0.504 e. The van der Waals surface area contributed by atoms with E-state index in [1.807, 2.05) is 30.3 Å². The number of esters is 1. The third-order valence-electron chi connectivity index (χ3n) is 5.57. The fourth-order valence-corrected chi connectivity index (χ4v) is 4.07. The van der Waals surface area contributed by atoms with Gasteiger partial charge in [-0.3, -0.25) is 9.59 Å². The lowest BCUT2D eigenvalue weighted by atomic mass is 9.85. The van der Waals surface area contributed by atoms with Crippen molar-refractivity contribution >= 4 is 16.9 Å². The van der Waals surface area contributed by atoms with Crippen molar-refractivity contribution in [1.29, 1.82) is 0 Å². The number of phenolic OH excluding ortho intramolecular Hbond substituents is 1. The van der Waals surface area contributed by atoms with Crippen molar-refractivity contribution < 1.29 is 23.8 Å². The minimum Gasteiger partial charge on any atom is -0.504 e. The number of phenols is 1. The molecule has 1 N–H and O–H groups in total. The molecule has 154 valence electrons. The first-order chi connectivity index (χ1) is 15.1. The van der Waals surface area contributed by atoms with Gasteiger partial charge in [-0.1, -0.05) is 36.4 Å². The Labute approximate surface area is 177 Å². The van der Waals surface area contributed by atoms with Gasteiger partial charge in [-0.2, -0.15) is 0 Å². The standard InChI is InChI=1S/C25H18O6/c1-29-21-11-15(7-9-19(21)26)17-12-22(27)31-20-10-8-16-24(28)18(13-30-25(16)23(17)20)14-5-3-2-4-6-14/h2-11,13,17,26H,12H2,1H3/t17-/m1/s1. The monoisotopic (exact) mass is 414 g/mol. The summed E-state index contributed by atoms with van der Waals surface area (Å²) in [5, 5.41) is 10.4. The third-order valence-corrected chi connectivity index (χ3v) is 5.57. The minimum absolute atomic E-state index is 0.00168. The van der Waals surface area contributed by atoms with Crippen molar-refractivity contribution in [1.82, 2.24) is 0 Å². The molecule has 0 fully saturated rings. The molecule has 1 atom stereocenters. The number of carbonyl (C=O) groups excluding carboxylic acids is 1. The Morgan fingerprint density at radius 3 is 2.61 bits per heavy atom. The number of aromatic hydroxyl groups is 1. The zero-order chi connectivity index (χ0) is 21.5. The number of carbonyl (C=O) groups is 1. The van der Waals surface area contributed by atoms with Gasteiger partial charge in [0.15, 0.2) is 11.5 Å². The van der Waals surface area contributed by atoms with Gasteiger partial charge in [0.2, 0.25) is 5.43 Å². The minimum atomic E-state index is -0.417. The molecule has 0 saturated heterocycles. The molecule has 0 aliphatic carbocycles. The number of hydrogen-bond acceptors (Lipinski definition) is 6. The summed E-state index contributed by atoms with van der Waals surface area (Å²) in [7, 11) is 1.46. The molecule has 0 amide bonds. The van der Waals surface area contributed by atoms with Crippen LogP contribution in [-0.2, 0) is 4.79 Å². The second-order valence-corrected chi connectivity index (χ2v) is 7.36. The van der Waals surface area contributed by atoms with E-state index >= 15 is 0 Å². The summed E-state index contributed by atoms with van der Waals surface area (Å²) in [6.07, 6.45) is 1.52. The number of benzene rings is 3. The maximum Gasteiger partial charge on any atom is 0.312 e. The summed E-state index contributed by atoms with van der Waals surface area (Å²) in [5.41, 5.74) is 2.82. The molecule has 0 saturated carbocycles. The molecule has 1 aromatic heterocycles. The first kappa shape index (κ1) is 18.9. The van der Waals surface area contributed by atoms with Gasteiger partial charge in [0.25, 0.3) is 0 Å². The summed E-state index contributed by atoms with van der Waals surface area (Å²) in [6.45, 7) is 0. The molecule has 0 bridgehead atoms. The second kappa shape index (κ2) is 7.32. The quantitative estimate of drug-likeness (QED) is 0.389. The summed E-state index contributed by atoms with van der Waals surface area (Å²) < 4.78 is 16.6. The van der Waals surface area contributed by atoms with Crippen LogP contribution in [0.15, 0.2) is 76.1 Å². The highest BCUT2D eigenvalue weighted by Gasteiger charge is 2.32. The van der Waals surface area contributed by atoms with E-state index in [9.17, 15) is 14.7 Å². The summed E-state index contributed by atoms with van der Waals surface area (Å²) in [5.74, 6) is -0.142. The van der Waals surface area contributed by atoms with Crippen LogP contribution in [0.4, 0.5) is 0 Å². The van der Waals surface area contributed by atoms with E-state index in [4.69, 9.17) is 13.9 Å². The summed E-state index contributed by atoms with van der Waals surface area (Å²) in [4.78, 5) is 25.5. The maximum atomic E-state index is 13.2. The van der Waals surface area contributed by atoms with Crippen LogP contribution in [0.25, 0.3) is 22.1 Å². The SMILES string of the molecule is COc1cc([C@H]2CC(=O)Oc3ccc4c(=O)c(-c5ccccc5)coc4c32)ccc1O. The predicted molar refractivity (Wildman–Crippen MR) is 115 cm³/mol. The topological polar surface area (TPSA) is 86.0 Å². The Morgan fingerprint density at radius 1 is 1.03 bits per heavy atom. The fourth-order valence-electron chi connectivity index (χ4n) is 4.07. The van der Waals surface area contributed by atoms with Crippen LogP contribution in [-0.4, -0.2) is 18.2 Å². The average molecular weight is 414 g/mol. The number of fused-ring (bicyclic) bond motifs is 3. The normalized spacial score (nSPS) is 15.4. The Hall–Kier alpha value is -4.06. The Morgan fingerprint density at radius 2 is 1.84 bits per heavy atom. The molecular weight excluding hydrogens is 396 g/mol. The molecule has 0 radical (unpaired) electrons. The second-order valence-electron chi connectivity index (χ2n) is 7.36. The molecule has 5 rings (SSSR count). The fraction of sp³-hybridized carbons (Fsp3) is 0.120. The van der Waals surface area contributed by atoms with Gasteiger partial charge in [0, 0.05) is 11.5 Å². The van der Waals surface area contributed by atoms with Crippen LogP contribution >= 0.6 is 0 Å². The lowest BCUT2D eigenvalue weighted by Gasteiger charge is -2.26. The van der Waals surface area contributed by atoms with Gasteiger partial charge in [0.05, 0.1) is 24.5 Å². The van der Waals surface area contributed by atoms with Gasteiger partial charge in [-0.05, 0) is 35.4 Å². The van der Waals surface area contributed by atoms with Crippen LogP contribution in [0.5, 0.6) is 17.2 Å². The van der Waals surface area contributed by atoms with Crippen molar-refractivity contribution in [2.24, 2.45) is 0 Å². The van der Waals surface area contributed by atoms with Crippen LogP contribution in [0.3, 0.4) is 0 Å². The van der Waals surface area contributed by atoms with Gasteiger partial charge in [0.1, 0.15) is 17.6 Å². The highest BCUT2D eigenvalue weighted by Crippen LogP contribution is 2.44. The van der Waals surface area contributed by atoms with E-state index in [0.717, 1.165) is 11.1 Å². The first-order valence-corrected chi connectivity index (χ1v) is 9.78. The molecule has 4 aromatic rings. The van der Waals surface area contributed by atoms with E-state index in [-0.39, 0.29) is 23.6 Å². The number of rotatable bonds is 3. The molecule has 1 aliphatic heterocycles. The molecule has 2 heterocycles. The Kier molecular flexibility index (Phi) is 4.47. The van der Waals surface area contributed by atoms with E-state index < -0.39 is 5.92 Å². The smallest absolute Gasteiger partial charge is 0.312 e. The summed E-state index contributed by atoms with van der Waals surface area (Å²) >= 11 is 0. The molecule has 0 spiro atoms. The molecule has 31 heavy (non-hydrogen) atoms. The van der Waals surface area contributed by atoms with Gasteiger partial charge < -0.3 is 19.0 Å². The molecule has 6 heteroatoms. The molecule has 6 nitrogen and oxygen atoms in total. The van der Waals surface area contributed by atoms with Crippen molar-refractivity contribution in [2.45, 2.75) is 12.3 Å². The molecule has 0 unspecified atom stereocenters. The molecular formula is C25H18O6. The van der Waals surface area contributed by atoms with E-state index in [2.05, 4.69) is 0 Å². The van der Waals surface area contributed by atoms with Crippen LogP contribution < -0.4 is 14.9 Å². The molecule has 3 aromatic carbocycles. The van der Waals surface area contributed by atoms with Crippen molar-refractivity contribution in [3.8, 4) is 28.4 Å². The number of ether oxygens (including phenoxy) is 2. The maximum absolute atomic E-state index is 13.2.